The van der Waals surface area contributed by atoms with Crippen LogP contribution in [0.15, 0.2) is 18.2 Å². The Balaban J connectivity index is 2.28. The molecule has 3 rings (SSSR count). The Kier molecular flexibility index (Phi) is 2.30. The Morgan fingerprint density at radius 3 is 3.00 bits per heavy atom. The zero-order valence-electron chi connectivity index (χ0n) is 10.0. The van der Waals surface area contributed by atoms with Crippen molar-refractivity contribution in [1.29, 1.82) is 0 Å². The molecule has 1 N–H and O–H groups in total. The molecular weight excluding hydrogens is 214 g/mol. The lowest BCUT2D eigenvalue weighted by Gasteiger charge is -2.09. The molecule has 0 saturated heterocycles. The van der Waals surface area contributed by atoms with E-state index in [9.17, 15) is 5.11 Å². The normalized spacial score (nSPS) is 18.2. The number of aryl methyl sites for hydroxylation is 2. The maximum absolute atomic E-state index is 9.21. The van der Waals surface area contributed by atoms with E-state index in [1.54, 1.807) is 0 Å². The highest BCUT2D eigenvalue weighted by molar-refractivity contribution is 5.88. The summed E-state index contributed by atoms with van der Waals surface area (Å²) in [5.41, 5.74) is 4.31. The van der Waals surface area contributed by atoms with E-state index in [4.69, 9.17) is 4.74 Å². The number of benzene rings is 1. The van der Waals surface area contributed by atoms with Crippen LogP contribution in [0.1, 0.15) is 16.8 Å². The molecule has 0 aliphatic carbocycles. The molecule has 1 aromatic heterocycles. The number of rotatable bonds is 1. The van der Waals surface area contributed by atoms with Crippen LogP contribution < -0.4 is 4.74 Å². The van der Waals surface area contributed by atoms with Gasteiger partial charge in [0.15, 0.2) is 0 Å². The van der Waals surface area contributed by atoms with Gasteiger partial charge < -0.3 is 9.84 Å². The number of hydrogen-bond donors (Lipinski definition) is 1. The summed E-state index contributed by atoms with van der Waals surface area (Å²) in [6, 6.07) is 6.17. The second-order valence-corrected chi connectivity index (χ2v) is 4.65. The average molecular weight is 229 g/mol. The summed E-state index contributed by atoms with van der Waals surface area (Å²) in [6.45, 7) is 4.12. The van der Waals surface area contributed by atoms with Crippen molar-refractivity contribution in [3.05, 3.63) is 35.0 Å². The first kappa shape index (κ1) is 10.5. The number of pyridine rings is 1. The third kappa shape index (κ3) is 1.58. The zero-order valence-corrected chi connectivity index (χ0v) is 10.0. The quantitative estimate of drug-likeness (QED) is 0.814. The summed E-state index contributed by atoms with van der Waals surface area (Å²) in [7, 11) is 0. The first-order chi connectivity index (χ1) is 8.19. The van der Waals surface area contributed by atoms with Crippen molar-refractivity contribution in [2.24, 2.45) is 0 Å². The summed E-state index contributed by atoms with van der Waals surface area (Å²) in [5.74, 6) is 0.912. The third-order valence-corrected chi connectivity index (χ3v) is 3.32. The molecule has 0 radical (unpaired) electrons. The lowest BCUT2D eigenvalue weighted by Crippen LogP contribution is -2.17. The fourth-order valence-electron chi connectivity index (χ4n) is 2.42. The summed E-state index contributed by atoms with van der Waals surface area (Å²) >= 11 is 0. The van der Waals surface area contributed by atoms with E-state index in [2.05, 4.69) is 24.0 Å². The third-order valence-electron chi connectivity index (χ3n) is 3.32. The molecule has 88 valence electrons. The van der Waals surface area contributed by atoms with E-state index in [0.29, 0.717) is 0 Å². The molecule has 2 aromatic rings. The number of aromatic nitrogens is 1. The fourth-order valence-corrected chi connectivity index (χ4v) is 2.42. The second kappa shape index (κ2) is 3.70. The largest absolute Gasteiger partial charge is 0.487 e. The van der Waals surface area contributed by atoms with Crippen LogP contribution in [0.2, 0.25) is 0 Å². The average Bonchev–Trinajstić information content (AvgIpc) is 2.75. The number of hydrogen-bond acceptors (Lipinski definition) is 3. The van der Waals surface area contributed by atoms with Crippen molar-refractivity contribution in [3.63, 3.8) is 0 Å². The fraction of sp³-hybridized carbons (Fsp3) is 0.357. The van der Waals surface area contributed by atoms with Crippen molar-refractivity contribution in [1.82, 2.24) is 4.98 Å². The number of nitrogens with zero attached hydrogens (tertiary/aromatic N) is 1. The highest BCUT2D eigenvalue weighted by Gasteiger charge is 2.26. The number of aliphatic hydroxyl groups excluding tert-OH is 1. The van der Waals surface area contributed by atoms with Gasteiger partial charge in [0, 0.05) is 23.1 Å². The molecule has 0 bridgehead atoms. The molecule has 3 nitrogen and oxygen atoms in total. The highest BCUT2D eigenvalue weighted by Crippen LogP contribution is 2.37. The van der Waals surface area contributed by atoms with Crippen LogP contribution in [0.3, 0.4) is 0 Å². The van der Waals surface area contributed by atoms with Crippen LogP contribution in [0.25, 0.3) is 10.9 Å². The molecule has 1 atom stereocenters. The van der Waals surface area contributed by atoms with Gasteiger partial charge >= 0.3 is 0 Å². The summed E-state index contributed by atoms with van der Waals surface area (Å²) in [4.78, 5) is 4.60. The summed E-state index contributed by atoms with van der Waals surface area (Å²) in [5, 5.41) is 10.3. The molecule has 0 spiro atoms. The van der Waals surface area contributed by atoms with E-state index in [0.717, 1.165) is 34.3 Å². The van der Waals surface area contributed by atoms with E-state index >= 15 is 0 Å². The number of fused-ring (bicyclic) bond motifs is 3. The molecule has 1 aliphatic heterocycles. The summed E-state index contributed by atoms with van der Waals surface area (Å²) in [6.07, 6.45) is 0.644. The first-order valence-electron chi connectivity index (χ1n) is 5.86. The van der Waals surface area contributed by atoms with Crippen LogP contribution in [0.4, 0.5) is 0 Å². The van der Waals surface area contributed by atoms with Gasteiger partial charge in [-0.25, -0.2) is 0 Å². The number of ether oxygens (including phenoxy) is 1. The molecule has 0 amide bonds. The molecule has 0 fully saturated rings. The molecule has 1 aromatic carbocycles. The standard InChI is InChI=1S/C14H15NO2/c1-8-3-4-13-12(5-8)14-11(9(2)15-13)6-10(7-16)17-14/h3-5,10,16H,6-7H2,1-2H3/t10-/m1/s1. The Hall–Kier alpha value is -1.61. The van der Waals surface area contributed by atoms with E-state index in [-0.39, 0.29) is 12.7 Å². The van der Waals surface area contributed by atoms with E-state index in [1.165, 1.54) is 5.56 Å². The molecular formula is C14H15NO2. The van der Waals surface area contributed by atoms with Crippen molar-refractivity contribution >= 4 is 10.9 Å². The summed E-state index contributed by atoms with van der Waals surface area (Å²) < 4.78 is 5.82. The molecule has 17 heavy (non-hydrogen) atoms. The SMILES string of the molecule is Cc1ccc2nc(C)c3c(c2c1)O[C@@H](CO)C3. The topological polar surface area (TPSA) is 42.4 Å². The van der Waals surface area contributed by atoms with Crippen molar-refractivity contribution in [2.75, 3.05) is 6.61 Å². The molecule has 1 aliphatic rings. The van der Waals surface area contributed by atoms with Crippen LogP contribution in [0, 0.1) is 13.8 Å². The monoisotopic (exact) mass is 229 g/mol. The molecule has 3 heteroatoms. The van der Waals surface area contributed by atoms with Gasteiger partial charge in [-0.05, 0) is 26.0 Å². The minimum Gasteiger partial charge on any atom is -0.487 e. The lowest BCUT2D eigenvalue weighted by atomic mass is 10.0. The minimum absolute atomic E-state index is 0.0570. The van der Waals surface area contributed by atoms with Crippen molar-refractivity contribution in [2.45, 2.75) is 26.4 Å². The maximum Gasteiger partial charge on any atom is 0.134 e. The van der Waals surface area contributed by atoms with Gasteiger partial charge in [-0.1, -0.05) is 11.6 Å². The lowest BCUT2D eigenvalue weighted by molar-refractivity contribution is 0.136. The Morgan fingerprint density at radius 1 is 1.41 bits per heavy atom. The highest BCUT2D eigenvalue weighted by atomic mass is 16.5. The number of aliphatic hydroxyl groups is 1. The molecule has 2 heterocycles. The maximum atomic E-state index is 9.21. The van der Waals surface area contributed by atoms with Gasteiger partial charge in [-0.15, -0.1) is 0 Å². The van der Waals surface area contributed by atoms with Crippen LogP contribution in [-0.2, 0) is 6.42 Å². The van der Waals surface area contributed by atoms with Crippen molar-refractivity contribution in [3.8, 4) is 5.75 Å². The Labute approximate surface area is 100 Å². The Morgan fingerprint density at radius 2 is 2.24 bits per heavy atom. The smallest absolute Gasteiger partial charge is 0.134 e. The molecule has 0 unspecified atom stereocenters. The predicted molar refractivity (Wildman–Crippen MR) is 66.4 cm³/mol. The first-order valence-corrected chi connectivity index (χ1v) is 5.86. The van der Waals surface area contributed by atoms with E-state index < -0.39 is 0 Å². The van der Waals surface area contributed by atoms with Gasteiger partial charge in [0.05, 0.1) is 12.1 Å². The van der Waals surface area contributed by atoms with Crippen LogP contribution >= 0.6 is 0 Å². The van der Waals surface area contributed by atoms with Gasteiger partial charge in [-0.3, -0.25) is 4.98 Å². The zero-order chi connectivity index (χ0) is 12.0. The molecule has 0 saturated carbocycles. The van der Waals surface area contributed by atoms with Gasteiger partial charge in [-0.2, -0.15) is 0 Å². The Bertz CT molecular complexity index is 592. The van der Waals surface area contributed by atoms with Gasteiger partial charge in [0.1, 0.15) is 11.9 Å². The van der Waals surface area contributed by atoms with E-state index in [1.807, 2.05) is 13.0 Å². The van der Waals surface area contributed by atoms with Crippen LogP contribution in [0.5, 0.6) is 5.75 Å². The van der Waals surface area contributed by atoms with Crippen molar-refractivity contribution < 1.29 is 9.84 Å². The van der Waals surface area contributed by atoms with Gasteiger partial charge in [0.25, 0.3) is 0 Å². The van der Waals surface area contributed by atoms with Gasteiger partial charge in [0.2, 0.25) is 0 Å². The second-order valence-electron chi connectivity index (χ2n) is 4.65. The minimum atomic E-state index is -0.114. The van der Waals surface area contributed by atoms with Crippen LogP contribution in [-0.4, -0.2) is 22.8 Å². The predicted octanol–water partition coefficient (Wildman–Crippen LogP) is 2.15.